The van der Waals surface area contributed by atoms with E-state index in [0.29, 0.717) is 0 Å². The Hall–Kier alpha value is -5.34. The fourth-order valence-electron chi connectivity index (χ4n) is 6.45. The molecule has 0 N–H and O–H groups in total. The Kier molecular flexibility index (Phi) is 4.36. The monoisotopic (exact) mass is 506 g/mol. The first-order chi connectivity index (χ1) is 19.8. The van der Waals surface area contributed by atoms with Gasteiger partial charge < -0.3 is 0 Å². The predicted octanol–water partition coefficient (Wildman–Crippen LogP) is 10.2. The lowest BCUT2D eigenvalue weighted by atomic mass is 9.92. The van der Waals surface area contributed by atoms with Gasteiger partial charge in [-0.05, 0) is 125 Å². The minimum absolute atomic E-state index is 1.00. The van der Waals surface area contributed by atoms with Gasteiger partial charge in [0.25, 0.3) is 0 Å². The molecule has 2 nitrogen and oxygen atoms in total. The third-order valence-corrected chi connectivity index (χ3v) is 8.43. The molecule has 2 heterocycles. The Morgan fingerprint density at radius 2 is 0.925 bits per heavy atom. The van der Waals surface area contributed by atoms with E-state index in [1.165, 1.54) is 64.6 Å². The maximum Gasteiger partial charge on any atom is 0.0786 e. The van der Waals surface area contributed by atoms with Crippen molar-refractivity contribution in [2.24, 2.45) is 0 Å². The SMILES string of the molecule is c1ccc2cc3cc4c(ccc5cc6cccc(-c7nccc8cc9ccncc9cc78)c6cc54)cc3cc2c1. The van der Waals surface area contributed by atoms with E-state index in [2.05, 4.69) is 120 Å². The predicted molar refractivity (Wildman–Crippen MR) is 170 cm³/mol. The molecule has 0 aliphatic rings. The van der Waals surface area contributed by atoms with Gasteiger partial charge in [0.15, 0.2) is 0 Å². The van der Waals surface area contributed by atoms with Crippen LogP contribution in [-0.4, -0.2) is 9.97 Å². The second kappa shape index (κ2) is 8.08. The molecule has 9 rings (SSSR count). The summed E-state index contributed by atoms with van der Waals surface area (Å²) in [6.07, 6.45) is 5.71. The molecule has 184 valence electrons. The average molecular weight is 507 g/mol. The highest BCUT2D eigenvalue weighted by Gasteiger charge is 2.13. The minimum Gasteiger partial charge on any atom is -0.264 e. The summed E-state index contributed by atoms with van der Waals surface area (Å²) >= 11 is 0. The Bertz CT molecular complexity index is 2490. The summed E-state index contributed by atoms with van der Waals surface area (Å²) in [5.41, 5.74) is 2.15. The molecule has 0 aliphatic carbocycles. The van der Waals surface area contributed by atoms with Crippen LogP contribution in [0.4, 0.5) is 0 Å². The number of benzene rings is 7. The number of fused-ring (bicyclic) bond motifs is 8. The molecule has 0 aliphatic heterocycles. The zero-order valence-corrected chi connectivity index (χ0v) is 21.6. The molecule has 0 bridgehead atoms. The van der Waals surface area contributed by atoms with Crippen LogP contribution >= 0.6 is 0 Å². The van der Waals surface area contributed by atoms with Crippen LogP contribution in [0, 0.1) is 0 Å². The molecule has 0 atom stereocenters. The molecule has 0 radical (unpaired) electrons. The lowest BCUT2D eigenvalue weighted by Crippen LogP contribution is -1.89. The van der Waals surface area contributed by atoms with Crippen molar-refractivity contribution >= 4 is 75.4 Å². The molecular weight excluding hydrogens is 484 g/mol. The highest BCUT2D eigenvalue weighted by Crippen LogP contribution is 2.38. The van der Waals surface area contributed by atoms with Gasteiger partial charge in [0.1, 0.15) is 0 Å². The molecule has 2 heteroatoms. The van der Waals surface area contributed by atoms with E-state index in [-0.39, 0.29) is 0 Å². The molecule has 2 aromatic heterocycles. The third-order valence-electron chi connectivity index (χ3n) is 8.43. The van der Waals surface area contributed by atoms with Crippen LogP contribution in [0.25, 0.3) is 86.7 Å². The van der Waals surface area contributed by atoms with E-state index in [4.69, 9.17) is 4.98 Å². The number of rotatable bonds is 1. The number of nitrogens with zero attached hydrogens (tertiary/aromatic N) is 2. The molecule has 0 unspecified atom stereocenters. The number of hydrogen-bond acceptors (Lipinski definition) is 2. The second-order valence-electron chi connectivity index (χ2n) is 10.7. The van der Waals surface area contributed by atoms with E-state index < -0.39 is 0 Å². The fraction of sp³-hybridized carbons (Fsp3) is 0. The highest BCUT2D eigenvalue weighted by atomic mass is 14.7. The van der Waals surface area contributed by atoms with Gasteiger partial charge in [-0.15, -0.1) is 0 Å². The van der Waals surface area contributed by atoms with E-state index in [1.54, 1.807) is 0 Å². The van der Waals surface area contributed by atoms with Crippen molar-refractivity contribution < 1.29 is 0 Å². The van der Waals surface area contributed by atoms with Gasteiger partial charge in [-0.25, -0.2) is 0 Å². The highest BCUT2D eigenvalue weighted by molar-refractivity contribution is 6.18. The van der Waals surface area contributed by atoms with E-state index in [1.807, 2.05) is 18.6 Å². The first-order valence-electron chi connectivity index (χ1n) is 13.6. The van der Waals surface area contributed by atoms with Crippen LogP contribution in [0.2, 0.25) is 0 Å². The lowest BCUT2D eigenvalue weighted by molar-refractivity contribution is 1.35. The first kappa shape index (κ1) is 21.6. The molecule has 0 saturated heterocycles. The molecule has 40 heavy (non-hydrogen) atoms. The first-order valence-corrected chi connectivity index (χ1v) is 13.6. The second-order valence-corrected chi connectivity index (χ2v) is 10.7. The summed E-state index contributed by atoms with van der Waals surface area (Å²) in [5.74, 6) is 0. The van der Waals surface area contributed by atoms with Gasteiger partial charge in [-0.1, -0.05) is 54.6 Å². The van der Waals surface area contributed by atoms with Crippen LogP contribution in [-0.2, 0) is 0 Å². The smallest absolute Gasteiger partial charge is 0.0786 e. The van der Waals surface area contributed by atoms with Gasteiger partial charge >= 0.3 is 0 Å². The molecule has 9 aromatic rings. The van der Waals surface area contributed by atoms with Gasteiger partial charge in [0.05, 0.1) is 5.69 Å². The summed E-state index contributed by atoms with van der Waals surface area (Å²) in [7, 11) is 0. The maximum atomic E-state index is 4.93. The van der Waals surface area contributed by atoms with E-state index in [0.717, 1.165) is 22.0 Å². The van der Waals surface area contributed by atoms with Crippen LogP contribution < -0.4 is 0 Å². The molecule has 0 amide bonds. The summed E-state index contributed by atoms with van der Waals surface area (Å²) in [6, 6.07) is 42.3. The summed E-state index contributed by atoms with van der Waals surface area (Å²) in [4.78, 5) is 9.28. The van der Waals surface area contributed by atoms with Gasteiger partial charge in [-0.3, -0.25) is 9.97 Å². The van der Waals surface area contributed by atoms with Gasteiger partial charge in [-0.2, -0.15) is 0 Å². The topological polar surface area (TPSA) is 25.8 Å². The molecule has 0 saturated carbocycles. The zero-order valence-electron chi connectivity index (χ0n) is 21.6. The van der Waals surface area contributed by atoms with Crippen LogP contribution in [0.3, 0.4) is 0 Å². The van der Waals surface area contributed by atoms with Gasteiger partial charge in [0.2, 0.25) is 0 Å². The summed E-state index contributed by atoms with van der Waals surface area (Å²) < 4.78 is 0. The van der Waals surface area contributed by atoms with E-state index >= 15 is 0 Å². The van der Waals surface area contributed by atoms with Crippen LogP contribution in [0.5, 0.6) is 0 Å². The van der Waals surface area contributed by atoms with Crippen molar-refractivity contribution in [3.63, 3.8) is 0 Å². The number of hydrogen-bond donors (Lipinski definition) is 0. The zero-order chi connectivity index (χ0) is 26.2. The summed E-state index contributed by atoms with van der Waals surface area (Å²) in [5, 5.41) is 17.2. The number of pyridine rings is 2. The van der Waals surface area contributed by atoms with Crippen molar-refractivity contribution in [3.05, 3.63) is 134 Å². The van der Waals surface area contributed by atoms with Crippen molar-refractivity contribution in [1.82, 2.24) is 9.97 Å². The quantitative estimate of drug-likeness (QED) is 0.163. The average Bonchev–Trinajstić information content (AvgIpc) is 3.00. The normalized spacial score (nSPS) is 12.0. The summed E-state index contributed by atoms with van der Waals surface area (Å²) in [6.45, 7) is 0. The van der Waals surface area contributed by atoms with Crippen molar-refractivity contribution in [3.8, 4) is 11.3 Å². The van der Waals surface area contributed by atoms with E-state index in [9.17, 15) is 0 Å². The van der Waals surface area contributed by atoms with Crippen molar-refractivity contribution in [1.29, 1.82) is 0 Å². The minimum atomic E-state index is 1.00. The third kappa shape index (κ3) is 3.17. The Balaban J connectivity index is 1.35. The van der Waals surface area contributed by atoms with Crippen molar-refractivity contribution in [2.45, 2.75) is 0 Å². The Labute approximate surface area is 230 Å². The fourth-order valence-corrected chi connectivity index (χ4v) is 6.45. The van der Waals surface area contributed by atoms with Gasteiger partial charge in [0, 0.05) is 34.9 Å². The molecule has 7 aromatic carbocycles. The van der Waals surface area contributed by atoms with Crippen LogP contribution in [0.15, 0.2) is 134 Å². The molecule has 0 fully saturated rings. The number of aromatic nitrogens is 2. The largest absolute Gasteiger partial charge is 0.264 e. The molecular formula is C38H22N2. The lowest BCUT2D eigenvalue weighted by Gasteiger charge is -2.13. The standard InChI is InChI=1S/C38H22N2/c1-2-5-24-16-31-19-34-28(18-30(31)15-23(24)4-1)9-8-27-17-26-6-3-7-33(35(26)21-36(27)34)38-37-20-32-22-39-12-10-25(32)14-29(37)11-13-40-38/h1-22H. The molecule has 0 spiro atoms. The Morgan fingerprint density at radius 1 is 0.350 bits per heavy atom. The van der Waals surface area contributed by atoms with Crippen LogP contribution in [0.1, 0.15) is 0 Å². The van der Waals surface area contributed by atoms with Crippen molar-refractivity contribution in [2.75, 3.05) is 0 Å². The maximum absolute atomic E-state index is 4.93. The Morgan fingerprint density at radius 3 is 1.77 bits per heavy atom.